The molecule has 0 amide bonds. The summed E-state index contributed by atoms with van der Waals surface area (Å²) in [5.74, 6) is 2.59. The summed E-state index contributed by atoms with van der Waals surface area (Å²) < 4.78 is 16.4. The van der Waals surface area contributed by atoms with Crippen LogP contribution in [0.25, 0.3) is 0 Å². The molecule has 0 saturated carbocycles. The van der Waals surface area contributed by atoms with E-state index in [1.54, 1.807) is 20.5 Å². The summed E-state index contributed by atoms with van der Waals surface area (Å²) in [7, 11) is 3.36. The molecule has 1 aliphatic rings. The number of ether oxygens (including phenoxy) is 2. The lowest BCUT2D eigenvalue weighted by molar-refractivity contribution is 0.0806. The van der Waals surface area contributed by atoms with Crippen molar-refractivity contribution in [1.29, 1.82) is 0 Å². The molecule has 0 bridgehead atoms. The predicted octanol–water partition coefficient (Wildman–Crippen LogP) is 3.63. The van der Waals surface area contributed by atoms with Gasteiger partial charge in [0, 0.05) is 12.1 Å². The van der Waals surface area contributed by atoms with Gasteiger partial charge in [0.25, 0.3) is 0 Å². The average Bonchev–Trinajstić information content (AvgIpc) is 2.99. The molecule has 22 heavy (non-hydrogen) atoms. The fourth-order valence-corrected chi connectivity index (χ4v) is 3.13. The first-order chi connectivity index (χ1) is 10.5. The number of nitrogens with zero attached hydrogens (tertiary/aromatic N) is 1. The second kappa shape index (κ2) is 5.69. The van der Waals surface area contributed by atoms with E-state index in [2.05, 4.69) is 30.9 Å². The number of methoxy groups -OCH3 is 2. The van der Waals surface area contributed by atoms with Crippen molar-refractivity contribution in [3.8, 4) is 11.5 Å². The molecule has 118 valence electrons. The minimum atomic E-state index is 0.0688. The van der Waals surface area contributed by atoms with E-state index >= 15 is 0 Å². The van der Waals surface area contributed by atoms with Crippen LogP contribution in [0.2, 0.25) is 0 Å². The van der Waals surface area contributed by atoms with Crippen molar-refractivity contribution in [3.63, 3.8) is 0 Å². The maximum absolute atomic E-state index is 5.51. The van der Waals surface area contributed by atoms with Gasteiger partial charge in [-0.05, 0) is 55.7 Å². The summed E-state index contributed by atoms with van der Waals surface area (Å²) in [5, 5.41) is 0. The van der Waals surface area contributed by atoms with Crippen LogP contribution in [0.1, 0.15) is 30.7 Å². The van der Waals surface area contributed by atoms with E-state index in [9.17, 15) is 0 Å². The Balaban J connectivity index is 1.92. The van der Waals surface area contributed by atoms with E-state index in [4.69, 9.17) is 13.9 Å². The molecule has 1 aliphatic heterocycles. The summed E-state index contributed by atoms with van der Waals surface area (Å²) in [6.45, 7) is 6.24. The van der Waals surface area contributed by atoms with Crippen molar-refractivity contribution < 1.29 is 13.9 Å². The Morgan fingerprint density at radius 3 is 2.41 bits per heavy atom. The van der Waals surface area contributed by atoms with Gasteiger partial charge in [0.1, 0.15) is 5.76 Å². The van der Waals surface area contributed by atoms with Crippen molar-refractivity contribution >= 4 is 0 Å². The molecule has 0 radical (unpaired) electrons. The van der Waals surface area contributed by atoms with Gasteiger partial charge in [-0.3, -0.25) is 4.90 Å². The minimum Gasteiger partial charge on any atom is -0.493 e. The first-order valence-corrected chi connectivity index (χ1v) is 7.54. The van der Waals surface area contributed by atoms with Gasteiger partial charge < -0.3 is 13.9 Å². The number of hydrogen-bond acceptors (Lipinski definition) is 4. The fraction of sp³-hybridized carbons (Fsp3) is 0.444. The molecule has 2 aromatic rings. The van der Waals surface area contributed by atoms with E-state index in [0.29, 0.717) is 0 Å². The molecule has 0 spiro atoms. The highest BCUT2D eigenvalue weighted by Gasteiger charge is 2.34. The second-order valence-electron chi connectivity index (χ2n) is 6.40. The van der Waals surface area contributed by atoms with E-state index in [1.165, 1.54) is 11.1 Å². The van der Waals surface area contributed by atoms with Crippen LogP contribution in [0.3, 0.4) is 0 Å². The van der Waals surface area contributed by atoms with Gasteiger partial charge in [0.15, 0.2) is 11.5 Å². The molecule has 4 heteroatoms. The standard InChI is InChI=1S/C18H23NO3/c1-18(2)10-13-8-16(20-3)17(21-4)9-14(13)11-19(18)12-15-6-5-7-22-15/h5-9H,10-12H2,1-4H3. The summed E-state index contributed by atoms with van der Waals surface area (Å²) in [4.78, 5) is 2.44. The van der Waals surface area contributed by atoms with Crippen LogP contribution >= 0.6 is 0 Å². The molecule has 4 nitrogen and oxygen atoms in total. The Kier molecular flexibility index (Phi) is 3.87. The number of fused-ring (bicyclic) bond motifs is 1. The van der Waals surface area contributed by atoms with Gasteiger partial charge in [0.2, 0.25) is 0 Å². The first kappa shape index (κ1) is 15.0. The monoisotopic (exact) mass is 301 g/mol. The lowest BCUT2D eigenvalue weighted by atomic mass is 9.85. The second-order valence-corrected chi connectivity index (χ2v) is 6.40. The summed E-state index contributed by atoms with van der Waals surface area (Å²) in [5.41, 5.74) is 2.70. The van der Waals surface area contributed by atoms with Crippen LogP contribution in [0.4, 0.5) is 0 Å². The average molecular weight is 301 g/mol. The smallest absolute Gasteiger partial charge is 0.161 e. The van der Waals surface area contributed by atoms with Crippen molar-refractivity contribution in [1.82, 2.24) is 4.90 Å². The van der Waals surface area contributed by atoms with Gasteiger partial charge in [0.05, 0.1) is 27.0 Å². The molecule has 0 N–H and O–H groups in total. The number of benzene rings is 1. The number of hydrogen-bond donors (Lipinski definition) is 0. The summed E-state index contributed by atoms with van der Waals surface area (Å²) in [6, 6.07) is 8.17. The highest BCUT2D eigenvalue weighted by Crippen LogP contribution is 2.38. The fourth-order valence-electron chi connectivity index (χ4n) is 3.13. The van der Waals surface area contributed by atoms with E-state index in [0.717, 1.165) is 36.8 Å². The third-order valence-corrected chi connectivity index (χ3v) is 4.47. The maximum Gasteiger partial charge on any atom is 0.161 e. The molecule has 0 fully saturated rings. The summed E-state index contributed by atoms with van der Waals surface area (Å²) in [6.07, 6.45) is 2.71. The molecule has 1 aromatic heterocycles. The normalized spacial score (nSPS) is 17.1. The maximum atomic E-state index is 5.51. The van der Waals surface area contributed by atoms with E-state index < -0.39 is 0 Å². The van der Waals surface area contributed by atoms with Crippen LogP contribution in [-0.4, -0.2) is 24.7 Å². The predicted molar refractivity (Wildman–Crippen MR) is 85.3 cm³/mol. The molecular weight excluding hydrogens is 278 g/mol. The molecule has 0 atom stereocenters. The lowest BCUT2D eigenvalue weighted by Crippen LogP contribution is -2.47. The first-order valence-electron chi connectivity index (χ1n) is 7.54. The Morgan fingerprint density at radius 2 is 1.82 bits per heavy atom. The zero-order chi connectivity index (χ0) is 15.7. The largest absolute Gasteiger partial charge is 0.493 e. The van der Waals surface area contributed by atoms with Gasteiger partial charge in [-0.2, -0.15) is 0 Å². The molecule has 1 aromatic carbocycles. The van der Waals surface area contributed by atoms with Crippen LogP contribution in [0.5, 0.6) is 11.5 Å². The molecule has 0 saturated heterocycles. The van der Waals surface area contributed by atoms with Gasteiger partial charge in [-0.1, -0.05) is 0 Å². The summed E-state index contributed by atoms with van der Waals surface area (Å²) >= 11 is 0. The Labute approximate surface area is 131 Å². The molecule has 0 aliphatic carbocycles. The Morgan fingerprint density at radius 1 is 1.14 bits per heavy atom. The highest BCUT2D eigenvalue weighted by atomic mass is 16.5. The van der Waals surface area contributed by atoms with Crippen molar-refractivity contribution in [2.45, 2.75) is 38.9 Å². The third kappa shape index (κ3) is 2.71. The van der Waals surface area contributed by atoms with Gasteiger partial charge in [-0.15, -0.1) is 0 Å². The van der Waals surface area contributed by atoms with Crippen molar-refractivity contribution in [2.75, 3.05) is 14.2 Å². The quantitative estimate of drug-likeness (QED) is 0.863. The lowest BCUT2D eigenvalue weighted by Gasteiger charge is -2.43. The van der Waals surface area contributed by atoms with Gasteiger partial charge in [-0.25, -0.2) is 0 Å². The third-order valence-electron chi connectivity index (χ3n) is 4.47. The van der Waals surface area contributed by atoms with Crippen LogP contribution in [0, 0.1) is 0 Å². The highest BCUT2D eigenvalue weighted by molar-refractivity contribution is 5.48. The molecular formula is C18H23NO3. The molecule has 0 unspecified atom stereocenters. The van der Waals surface area contributed by atoms with Crippen LogP contribution in [-0.2, 0) is 19.5 Å². The topological polar surface area (TPSA) is 34.8 Å². The Bertz CT molecular complexity index is 647. The van der Waals surface area contributed by atoms with Crippen molar-refractivity contribution in [2.24, 2.45) is 0 Å². The Hall–Kier alpha value is -1.94. The zero-order valence-electron chi connectivity index (χ0n) is 13.7. The van der Waals surface area contributed by atoms with Crippen LogP contribution in [0.15, 0.2) is 34.9 Å². The molecule has 3 rings (SSSR count). The van der Waals surface area contributed by atoms with Crippen molar-refractivity contribution in [3.05, 3.63) is 47.4 Å². The number of furan rings is 1. The van der Waals surface area contributed by atoms with Crippen LogP contribution < -0.4 is 9.47 Å². The van der Waals surface area contributed by atoms with E-state index in [1.807, 2.05) is 12.1 Å². The minimum absolute atomic E-state index is 0.0688. The molecule has 2 heterocycles. The zero-order valence-corrected chi connectivity index (χ0v) is 13.7. The van der Waals surface area contributed by atoms with Gasteiger partial charge >= 0.3 is 0 Å². The number of rotatable bonds is 4. The SMILES string of the molecule is COc1cc2c(cc1OC)CC(C)(C)N(Cc1ccco1)C2. The van der Waals surface area contributed by atoms with E-state index in [-0.39, 0.29) is 5.54 Å².